The van der Waals surface area contributed by atoms with Crippen LogP contribution < -0.4 is 10.6 Å². The molecular weight excluding hydrogens is 383 g/mol. The number of hydrogen-bond acceptors (Lipinski definition) is 3. The second kappa shape index (κ2) is 8.14. The second-order valence-corrected chi connectivity index (χ2v) is 6.26. The van der Waals surface area contributed by atoms with E-state index >= 15 is 0 Å². The van der Waals surface area contributed by atoms with Crippen molar-refractivity contribution >= 4 is 23.2 Å². The van der Waals surface area contributed by atoms with Gasteiger partial charge in [0.05, 0.1) is 16.7 Å². The van der Waals surface area contributed by atoms with Gasteiger partial charge in [-0.3, -0.25) is 14.6 Å². The lowest BCUT2D eigenvalue weighted by Crippen LogP contribution is -2.16. The number of pyridine rings is 1. The Morgan fingerprint density at radius 1 is 0.862 bits per heavy atom. The van der Waals surface area contributed by atoms with Gasteiger partial charge < -0.3 is 10.6 Å². The zero-order valence-corrected chi connectivity index (χ0v) is 15.2. The monoisotopic (exact) mass is 399 g/mol. The van der Waals surface area contributed by atoms with Crippen LogP contribution in [0.2, 0.25) is 0 Å². The van der Waals surface area contributed by atoms with Crippen molar-refractivity contribution in [2.45, 2.75) is 13.1 Å². The maximum absolute atomic E-state index is 12.6. The molecule has 0 aliphatic heterocycles. The van der Waals surface area contributed by atoms with E-state index < -0.39 is 23.6 Å². The van der Waals surface area contributed by atoms with Gasteiger partial charge in [-0.25, -0.2) is 0 Å². The van der Waals surface area contributed by atoms with Crippen LogP contribution in [-0.4, -0.2) is 16.8 Å². The summed E-state index contributed by atoms with van der Waals surface area (Å²) in [6.45, 7) is 1.85. The molecule has 0 radical (unpaired) electrons. The molecule has 2 N–H and O–H groups in total. The van der Waals surface area contributed by atoms with Crippen LogP contribution in [0.5, 0.6) is 0 Å². The van der Waals surface area contributed by atoms with Gasteiger partial charge in [0.1, 0.15) is 0 Å². The standard InChI is InChI=1S/C21H16F3N3O2/c1-13-4-2-3-5-18(13)27-20(29)15-10-14(11-25-12-15)19(28)26-17-8-6-16(7-9-17)21(22,23)24/h2-12H,1H3,(H,26,28)(H,27,29). The predicted molar refractivity (Wildman–Crippen MR) is 103 cm³/mol. The van der Waals surface area contributed by atoms with E-state index in [1.165, 1.54) is 18.5 Å². The molecule has 2 amide bonds. The fourth-order valence-electron chi connectivity index (χ4n) is 2.54. The molecular formula is C21H16F3N3O2. The molecule has 2 aromatic carbocycles. The minimum atomic E-state index is -4.45. The van der Waals surface area contributed by atoms with Gasteiger partial charge in [0.25, 0.3) is 11.8 Å². The van der Waals surface area contributed by atoms with Gasteiger partial charge in [-0.05, 0) is 48.9 Å². The molecule has 0 atom stereocenters. The van der Waals surface area contributed by atoms with E-state index in [1.807, 2.05) is 19.1 Å². The summed E-state index contributed by atoms with van der Waals surface area (Å²) in [5.41, 5.74) is 1.17. The molecule has 0 aliphatic carbocycles. The van der Waals surface area contributed by atoms with Crippen molar-refractivity contribution in [2.24, 2.45) is 0 Å². The van der Waals surface area contributed by atoms with E-state index in [0.717, 1.165) is 29.8 Å². The molecule has 0 bridgehead atoms. The van der Waals surface area contributed by atoms with Crippen LogP contribution in [-0.2, 0) is 6.18 Å². The largest absolute Gasteiger partial charge is 0.416 e. The first kappa shape index (κ1) is 20.1. The van der Waals surface area contributed by atoms with Crippen LogP contribution in [0.1, 0.15) is 31.8 Å². The first-order chi connectivity index (χ1) is 13.7. The Labute approximate surface area is 164 Å². The Bertz CT molecular complexity index is 1050. The van der Waals surface area contributed by atoms with Gasteiger partial charge in [-0.2, -0.15) is 13.2 Å². The van der Waals surface area contributed by atoms with Crippen LogP contribution in [0.3, 0.4) is 0 Å². The van der Waals surface area contributed by atoms with Gasteiger partial charge >= 0.3 is 6.18 Å². The fraction of sp³-hybridized carbons (Fsp3) is 0.0952. The number of hydrogen-bond donors (Lipinski definition) is 2. The van der Waals surface area contributed by atoms with Gasteiger partial charge in [-0.15, -0.1) is 0 Å². The Morgan fingerprint density at radius 3 is 2.03 bits per heavy atom. The summed E-state index contributed by atoms with van der Waals surface area (Å²) in [5, 5.41) is 5.23. The number of carbonyl (C=O) groups excluding carboxylic acids is 2. The lowest BCUT2D eigenvalue weighted by Gasteiger charge is -2.10. The van der Waals surface area contributed by atoms with Crippen LogP contribution in [0.15, 0.2) is 67.0 Å². The molecule has 29 heavy (non-hydrogen) atoms. The topological polar surface area (TPSA) is 71.1 Å². The molecule has 3 rings (SSSR count). The summed E-state index contributed by atoms with van der Waals surface area (Å²) in [5.74, 6) is -1.03. The lowest BCUT2D eigenvalue weighted by atomic mass is 10.1. The summed E-state index contributed by atoms with van der Waals surface area (Å²) in [6.07, 6.45) is -1.86. The fourth-order valence-corrected chi connectivity index (χ4v) is 2.54. The second-order valence-electron chi connectivity index (χ2n) is 6.26. The van der Waals surface area contributed by atoms with E-state index in [-0.39, 0.29) is 16.8 Å². The highest BCUT2D eigenvalue weighted by atomic mass is 19.4. The third-order valence-electron chi connectivity index (χ3n) is 4.13. The Kier molecular flexibility index (Phi) is 5.63. The van der Waals surface area contributed by atoms with Crippen LogP contribution in [0.25, 0.3) is 0 Å². The number of nitrogens with one attached hydrogen (secondary N) is 2. The number of benzene rings is 2. The maximum atomic E-state index is 12.6. The number of alkyl halides is 3. The van der Waals surface area contributed by atoms with Crippen LogP contribution >= 0.6 is 0 Å². The van der Waals surface area contributed by atoms with Crippen molar-refractivity contribution in [1.82, 2.24) is 4.98 Å². The highest BCUT2D eigenvalue weighted by Crippen LogP contribution is 2.29. The number of carbonyl (C=O) groups is 2. The number of amides is 2. The number of rotatable bonds is 4. The number of anilines is 2. The van der Waals surface area contributed by atoms with Crippen molar-refractivity contribution < 1.29 is 22.8 Å². The third-order valence-corrected chi connectivity index (χ3v) is 4.13. The number of halogens is 3. The van der Waals surface area contributed by atoms with Crippen molar-refractivity contribution in [2.75, 3.05) is 10.6 Å². The van der Waals surface area contributed by atoms with Crippen LogP contribution in [0, 0.1) is 6.92 Å². The number of para-hydroxylation sites is 1. The molecule has 3 aromatic rings. The summed E-state index contributed by atoms with van der Waals surface area (Å²) >= 11 is 0. The minimum absolute atomic E-state index is 0.0994. The summed E-state index contributed by atoms with van der Waals surface area (Å²) in [6, 6.07) is 12.7. The normalized spacial score (nSPS) is 11.0. The van der Waals surface area contributed by atoms with E-state index in [4.69, 9.17) is 0 Å². The molecule has 5 nitrogen and oxygen atoms in total. The smallest absolute Gasteiger partial charge is 0.322 e. The highest BCUT2D eigenvalue weighted by Gasteiger charge is 2.30. The lowest BCUT2D eigenvalue weighted by molar-refractivity contribution is -0.137. The molecule has 0 saturated heterocycles. The van der Waals surface area contributed by atoms with E-state index in [9.17, 15) is 22.8 Å². The van der Waals surface area contributed by atoms with Gasteiger partial charge in [-0.1, -0.05) is 18.2 Å². The quantitative estimate of drug-likeness (QED) is 0.655. The molecule has 8 heteroatoms. The minimum Gasteiger partial charge on any atom is -0.322 e. The Morgan fingerprint density at radius 2 is 1.45 bits per heavy atom. The molecule has 0 aliphatic rings. The average Bonchev–Trinajstić information content (AvgIpc) is 2.69. The Hall–Kier alpha value is -3.68. The zero-order chi connectivity index (χ0) is 21.0. The molecule has 0 spiro atoms. The van der Waals surface area contributed by atoms with E-state index in [0.29, 0.717) is 5.69 Å². The SMILES string of the molecule is Cc1ccccc1NC(=O)c1cncc(C(=O)Nc2ccc(C(F)(F)F)cc2)c1. The Balaban J connectivity index is 1.72. The summed E-state index contributed by atoms with van der Waals surface area (Å²) in [4.78, 5) is 28.7. The van der Waals surface area contributed by atoms with Crippen molar-refractivity contribution in [1.29, 1.82) is 0 Å². The number of aromatic nitrogens is 1. The summed E-state index contributed by atoms with van der Waals surface area (Å²) < 4.78 is 37.8. The molecule has 148 valence electrons. The molecule has 1 aromatic heterocycles. The van der Waals surface area contributed by atoms with Gasteiger partial charge in [0, 0.05) is 23.8 Å². The number of aryl methyl sites for hydroxylation is 1. The van der Waals surface area contributed by atoms with Crippen LogP contribution in [0.4, 0.5) is 24.5 Å². The first-order valence-corrected chi connectivity index (χ1v) is 8.55. The highest BCUT2D eigenvalue weighted by molar-refractivity contribution is 6.08. The van der Waals surface area contributed by atoms with Gasteiger partial charge in [0.2, 0.25) is 0 Å². The molecule has 0 fully saturated rings. The molecule has 0 unspecified atom stereocenters. The third kappa shape index (κ3) is 4.98. The first-order valence-electron chi connectivity index (χ1n) is 8.55. The van der Waals surface area contributed by atoms with Crippen molar-refractivity contribution in [3.05, 3.63) is 89.2 Å². The molecule has 0 saturated carbocycles. The van der Waals surface area contributed by atoms with E-state index in [2.05, 4.69) is 15.6 Å². The van der Waals surface area contributed by atoms with Crippen molar-refractivity contribution in [3.63, 3.8) is 0 Å². The van der Waals surface area contributed by atoms with Crippen molar-refractivity contribution in [3.8, 4) is 0 Å². The molecule has 1 heterocycles. The van der Waals surface area contributed by atoms with Gasteiger partial charge in [0.15, 0.2) is 0 Å². The number of nitrogens with zero attached hydrogens (tertiary/aromatic N) is 1. The maximum Gasteiger partial charge on any atom is 0.416 e. The average molecular weight is 399 g/mol. The zero-order valence-electron chi connectivity index (χ0n) is 15.2. The predicted octanol–water partition coefficient (Wildman–Crippen LogP) is 4.91. The van der Waals surface area contributed by atoms with E-state index in [1.54, 1.807) is 12.1 Å². The summed E-state index contributed by atoms with van der Waals surface area (Å²) in [7, 11) is 0.